The van der Waals surface area contributed by atoms with Crippen molar-refractivity contribution in [2.45, 2.75) is 78.6 Å². The summed E-state index contributed by atoms with van der Waals surface area (Å²) in [5.74, 6) is -7.52. The zero-order valence-electron chi connectivity index (χ0n) is 29.3. The fourth-order valence-electron chi connectivity index (χ4n) is 4.20. The predicted molar refractivity (Wildman–Crippen MR) is 197 cm³/mol. The fraction of sp³-hybridized carbons (Fsp3) is 0.342. The van der Waals surface area contributed by atoms with Crippen LogP contribution in [0.25, 0.3) is 11.4 Å². The Kier molecular flexibility index (Phi) is 17.8. The van der Waals surface area contributed by atoms with E-state index in [1.54, 1.807) is 7.05 Å². The van der Waals surface area contributed by atoms with Crippen molar-refractivity contribution >= 4 is 47.0 Å². The van der Waals surface area contributed by atoms with Gasteiger partial charge in [0.15, 0.2) is 0 Å². The molecular weight excluding hydrogens is 683 g/mol. The van der Waals surface area contributed by atoms with Gasteiger partial charge in [0, 0.05) is 52.2 Å². The van der Waals surface area contributed by atoms with E-state index in [1.807, 2.05) is 88.4 Å². The number of halogens is 8. The average molecular weight is 729 g/mol. The minimum absolute atomic E-state index is 0.176. The van der Waals surface area contributed by atoms with Crippen LogP contribution in [0.1, 0.15) is 76.3 Å². The van der Waals surface area contributed by atoms with Crippen molar-refractivity contribution in [3.8, 4) is 12.3 Å². The Morgan fingerprint density at radius 1 is 0.878 bits per heavy atom. The van der Waals surface area contributed by atoms with Crippen molar-refractivity contribution in [3.05, 3.63) is 111 Å². The second kappa shape index (κ2) is 19.4. The molecule has 0 radical (unpaired) electrons. The Bertz CT molecular complexity index is 1590. The van der Waals surface area contributed by atoms with Crippen molar-refractivity contribution in [2.75, 3.05) is 12.4 Å². The van der Waals surface area contributed by atoms with Crippen LogP contribution in [0.3, 0.4) is 0 Å². The number of allylic oxidation sites excluding steroid dienone is 2. The summed E-state index contributed by atoms with van der Waals surface area (Å²) < 4.78 is 84.0. The van der Waals surface area contributed by atoms with Gasteiger partial charge in [-0.1, -0.05) is 79.4 Å². The standard InChI is InChI=1S/C20H20N2.C14H14Cl2F6.C2H5N.C2H6/c1-4-15-10-12-16(13-11-15)20(6-3)22-18-9-7-8-17(14-18)19(21)5-2;1-7-9(15)5-8(6-10(7)16)13(20,11(2,3)17)14(21,22)12(4,18)19;1-3-2;1-2/h1,5-14,22H,21H2,2-3H3;5-6H,1-4H3;1H2,2H3;1-2H3/b19-5-,20-6+;;;. The molecule has 3 N–H and O–H groups in total. The summed E-state index contributed by atoms with van der Waals surface area (Å²) in [7, 11) is 1.64. The van der Waals surface area contributed by atoms with E-state index in [1.165, 1.54) is 6.92 Å². The van der Waals surface area contributed by atoms with Gasteiger partial charge in [0.1, 0.15) is 5.67 Å². The molecule has 0 aromatic heterocycles. The van der Waals surface area contributed by atoms with E-state index in [9.17, 15) is 22.0 Å². The molecule has 3 aromatic carbocycles. The van der Waals surface area contributed by atoms with Crippen LogP contribution in [-0.2, 0) is 5.67 Å². The summed E-state index contributed by atoms with van der Waals surface area (Å²) in [6.45, 7) is 13.2. The van der Waals surface area contributed by atoms with Gasteiger partial charge < -0.3 is 16.0 Å². The minimum Gasteiger partial charge on any atom is -0.399 e. The SMILES string of the molecule is C#Cc1ccc(/C(=C\C)Nc2cccc(/C(N)=C/C)c2)cc1.C=NC.CC.Cc1c(Cl)cc(C(F)(C(C)(C)F)C(F)(F)C(C)(F)F)cc1Cl. The Morgan fingerprint density at radius 2 is 1.37 bits per heavy atom. The highest BCUT2D eigenvalue weighted by Crippen LogP contribution is 2.57. The van der Waals surface area contributed by atoms with Gasteiger partial charge in [-0.15, -0.1) is 6.42 Å². The minimum atomic E-state index is -5.33. The molecule has 0 saturated carbocycles. The summed E-state index contributed by atoms with van der Waals surface area (Å²) in [6.07, 6.45) is 9.33. The van der Waals surface area contributed by atoms with Gasteiger partial charge in [0.2, 0.25) is 5.67 Å². The van der Waals surface area contributed by atoms with Crippen LogP contribution in [0.4, 0.5) is 32.0 Å². The van der Waals surface area contributed by atoms with Gasteiger partial charge in [0.05, 0.1) is 0 Å². The summed E-state index contributed by atoms with van der Waals surface area (Å²) in [5, 5.41) is 2.96. The first-order valence-electron chi connectivity index (χ1n) is 15.1. The first-order valence-corrected chi connectivity index (χ1v) is 15.9. The number of anilines is 1. The largest absolute Gasteiger partial charge is 0.399 e. The molecule has 0 fully saturated rings. The van der Waals surface area contributed by atoms with Crippen molar-refractivity contribution in [2.24, 2.45) is 10.7 Å². The van der Waals surface area contributed by atoms with Crippen LogP contribution in [-0.4, -0.2) is 31.3 Å². The zero-order valence-corrected chi connectivity index (χ0v) is 30.8. The number of nitrogens with two attached hydrogens (primary N) is 1. The van der Waals surface area contributed by atoms with Crippen LogP contribution < -0.4 is 11.1 Å². The molecule has 0 aliphatic carbocycles. The normalized spacial score (nSPS) is 13.1. The molecule has 0 spiro atoms. The molecule has 0 aliphatic rings. The van der Waals surface area contributed by atoms with Gasteiger partial charge in [-0.3, -0.25) is 0 Å². The third-order valence-corrected chi connectivity index (χ3v) is 7.70. The molecule has 268 valence electrons. The number of nitrogens with zero attached hydrogens (tertiary/aromatic N) is 1. The molecule has 0 aliphatic heterocycles. The van der Waals surface area contributed by atoms with E-state index in [-0.39, 0.29) is 22.5 Å². The first kappa shape index (κ1) is 45.1. The van der Waals surface area contributed by atoms with Crippen molar-refractivity contribution in [1.29, 1.82) is 0 Å². The van der Waals surface area contributed by atoms with Crippen molar-refractivity contribution < 1.29 is 26.3 Å². The number of rotatable bonds is 8. The highest BCUT2D eigenvalue weighted by Gasteiger charge is 2.74. The van der Waals surface area contributed by atoms with E-state index >= 15 is 4.39 Å². The fourth-order valence-corrected chi connectivity index (χ4v) is 4.69. The Balaban J connectivity index is 0.000000831. The van der Waals surface area contributed by atoms with Crippen LogP contribution >= 0.6 is 23.2 Å². The third kappa shape index (κ3) is 11.3. The number of nitrogens with one attached hydrogen (secondary N) is 1. The number of hydrogen-bond acceptors (Lipinski definition) is 3. The topological polar surface area (TPSA) is 50.4 Å². The number of aliphatic imine (C=N–C) groups is 1. The Labute approximate surface area is 297 Å². The zero-order chi connectivity index (χ0) is 38.4. The first-order chi connectivity index (χ1) is 22.7. The van der Waals surface area contributed by atoms with E-state index in [2.05, 4.69) is 22.9 Å². The number of benzene rings is 3. The van der Waals surface area contributed by atoms with E-state index < -0.39 is 28.7 Å². The number of alkyl halides is 6. The lowest BCUT2D eigenvalue weighted by atomic mass is 9.75. The Hall–Kier alpha value is -3.87. The molecule has 3 rings (SSSR count). The van der Waals surface area contributed by atoms with Crippen molar-refractivity contribution in [1.82, 2.24) is 0 Å². The lowest BCUT2D eigenvalue weighted by Crippen LogP contribution is -2.61. The van der Waals surface area contributed by atoms with E-state index in [4.69, 9.17) is 35.4 Å². The van der Waals surface area contributed by atoms with Gasteiger partial charge >= 0.3 is 11.8 Å². The van der Waals surface area contributed by atoms with E-state index in [0.29, 0.717) is 26.0 Å². The maximum atomic E-state index is 15.1. The van der Waals surface area contributed by atoms with Crippen LogP contribution in [0.2, 0.25) is 10.0 Å². The van der Waals surface area contributed by atoms with E-state index in [0.717, 1.165) is 33.8 Å². The van der Waals surface area contributed by atoms with Gasteiger partial charge in [-0.25, -0.2) is 17.6 Å². The molecule has 0 amide bonds. The quantitative estimate of drug-likeness (QED) is 0.138. The average Bonchev–Trinajstić information content (AvgIpc) is 3.05. The second-order valence-electron chi connectivity index (χ2n) is 10.8. The molecule has 49 heavy (non-hydrogen) atoms. The number of hydrogen-bond donors (Lipinski definition) is 2. The third-order valence-electron chi connectivity index (χ3n) is 6.92. The van der Waals surface area contributed by atoms with Crippen LogP contribution in [0.15, 0.2) is 77.8 Å². The molecule has 1 atom stereocenters. The molecule has 1 unspecified atom stereocenters. The molecule has 0 bridgehead atoms. The second-order valence-corrected chi connectivity index (χ2v) is 11.7. The molecular formula is C38H45Cl2F6N3. The monoisotopic (exact) mass is 727 g/mol. The Morgan fingerprint density at radius 3 is 1.76 bits per heavy atom. The van der Waals surface area contributed by atoms with Crippen LogP contribution in [0, 0.1) is 19.3 Å². The molecule has 11 heteroatoms. The maximum Gasteiger partial charge on any atom is 0.350 e. The summed E-state index contributed by atoms with van der Waals surface area (Å²) in [5.41, 5.74) is 3.25. The maximum absolute atomic E-state index is 15.1. The van der Waals surface area contributed by atoms with Gasteiger partial charge in [-0.05, 0) is 94.4 Å². The summed E-state index contributed by atoms with van der Waals surface area (Å²) in [4.78, 5) is 3.25. The van der Waals surface area contributed by atoms with Gasteiger partial charge in [0.25, 0.3) is 0 Å². The summed E-state index contributed by atoms with van der Waals surface area (Å²) in [6, 6.07) is 17.3. The lowest BCUT2D eigenvalue weighted by Gasteiger charge is -2.42. The van der Waals surface area contributed by atoms with Crippen LogP contribution in [0.5, 0.6) is 0 Å². The molecule has 3 aromatic rings. The number of terminal acetylenes is 1. The summed E-state index contributed by atoms with van der Waals surface area (Å²) >= 11 is 11.5. The molecule has 0 heterocycles. The highest BCUT2D eigenvalue weighted by molar-refractivity contribution is 6.36. The predicted octanol–water partition coefficient (Wildman–Crippen LogP) is 12.3. The molecule has 3 nitrogen and oxygen atoms in total. The molecule has 0 saturated heterocycles. The van der Waals surface area contributed by atoms with Gasteiger partial charge in [-0.2, -0.15) is 8.78 Å². The lowest BCUT2D eigenvalue weighted by molar-refractivity contribution is -0.296. The smallest absolute Gasteiger partial charge is 0.350 e. The highest BCUT2D eigenvalue weighted by atomic mass is 35.5. The van der Waals surface area contributed by atoms with Crippen molar-refractivity contribution in [3.63, 3.8) is 0 Å².